The van der Waals surface area contributed by atoms with E-state index in [9.17, 15) is 13.2 Å². The van der Waals surface area contributed by atoms with Crippen molar-refractivity contribution < 1.29 is 18.3 Å². The van der Waals surface area contributed by atoms with Gasteiger partial charge in [-0.3, -0.25) is 0 Å². The number of hydrogen-bond acceptors (Lipinski definition) is 5. The predicted molar refractivity (Wildman–Crippen MR) is 66.4 cm³/mol. The highest BCUT2D eigenvalue weighted by Gasteiger charge is 2.08. The van der Waals surface area contributed by atoms with Crippen molar-refractivity contribution in [1.29, 1.82) is 0 Å². The van der Waals surface area contributed by atoms with Crippen molar-refractivity contribution in [3.8, 4) is 0 Å². The van der Waals surface area contributed by atoms with E-state index in [0.717, 1.165) is 0 Å². The number of carbonyl (C=O) groups is 1. The first-order valence-electron chi connectivity index (χ1n) is 4.80. The molecule has 7 heteroatoms. The largest absolute Gasteiger partial charge is 0.478 e. The maximum atomic E-state index is 10.9. The van der Waals surface area contributed by atoms with Gasteiger partial charge in [-0.15, -0.1) is 11.8 Å². The van der Waals surface area contributed by atoms with Crippen LogP contribution in [0.15, 0.2) is 17.2 Å². The number of aryl methyl sites for hydroxylation is 1. The van der Waals surface area contributed by atoms with E-state index in [-0.39, 0.29) is 11.3 Å². The van der Waals surface area contributed by atoms with Crippen molar-refractivity contribution in [1.82, 2.24) is 4.98 Å². The minimum Gasteiger partial charge on any atom is -0.478 e. The van der Waals surface area contributed by atoms with E-state index in [1.165, 1.54) is 30.2 Å². The van der Waals surface area contributed by atoms with Gasteiger partial charge in [0.05, 0.1) is 16.3 Å². The first-order chi connectivity index (χ1) is 7.78. The lowest BCUT2D eigenvalue weighted by molar-refractivity contribution is 0.0696. The Kier molecular flexibility index (Phi) is 4.53. The second-order valence-electron chi connectivity index (χ2n) is 3.62. The molecule has 5 nitrogen and oxygen atoms in total. The maximum Gasteiger partial charge on any atom is 0.335 e. The fraction of sp³-hybridized carbons (Fsp3) is 0.400. The molecule has 0 fully saturated rings. The molecule has 0 aliphatic carbocycles. The topological polar surface area (TPSA) is 84.3 Å². The minimum atomic E-state index is -3.00. The number of hydrogen-bond donors (Lipinski definition) is 1. The molecule has 0 bridgehead atoms. The number of aromatic nitrogens is 1. The van der Waals surface area contributed by atoms with E-state index < -0.39 is 15.8 Å². The van der Waals surface area contributed by atoms with Crippen LogP contribution in [0, 0.1) is 6.92 Å². The summed E-state index contributed by atoms with van der Waals surface area (Å²) in [4.78, 5) is 14.9. The van der Waals surface area contributed by atoms with Crippen LogP contribution in [0.4, 0.5) is 0 Å². The van der Waals surface area contributed by atoms with E-state index in [2.05, 4.69) is 4.98 Å². The molecular weight excluding hydrogens is 262 g/mol. The van der Waals surface area contributed by atoms with E-state index in [4.69, 9.17) is 5.11 Å². The number of nitrogens with zero attached hydrogens (tertiary/aromatic N) is 1. The number of rotatable bonds is 5. The molecule has 17 heavy (non-hydrogen) atoms. The highest BCUT2D eigenvalue weighted by Crippen LogP contribution is 2.18. The Bertz CT molecular complexity index is 525. The Hall–Kier alpha value is -1.08. The molecule has 94 valence electrons. The quantitative estimate of drug-likeness (QED) is 0.813. The molecule has 1 rings (SSSR count). The number of pyridine rings is 1. The fourth-order valence-electron chi connectivity index (χ4n) is 1.13. The molecule has 0 aromatic carbocycles. The fourth-order valence-corrected chi connectivity index (χ4v) is 3.31. The van der Waals surface area contributed by atoms with Gasteiger partial charge in [0.25, 0.3) is 0 Å². The van der Waals surface area contributed by atoms with E-state index >= 15 is 0 Å². The van der Waals surface area contributed by atoms with Crippen LogP contribution in [0.5, 0.6) is 0 Å². The van der Waals surface area contributed by atoms with Crippen molar-refractivity contribution in [2.75, 3.05) is 17.8 Å². The summed E-state index contributed by atoms with van der Waals surface area (Å²) in [6.07, 6.45) is 1.17. The van der Waals surface area contributed by atoms with Gasteiger partial charge in [0, 0.05) is 17.7 Å². The molecule has 0 spiro atoms. The van der Waals surface area contributed by atoms with Gasteiger partial charge < -0.3 is 5.11 Å². The number of thioether (sulfide) groups is 1. The van der Waals surface area contributed by atoms with Crippen LogP contribution in [-0.4, -0.2) is 42.2 Å². The molecule has 0 amide bonds. The second-order valence-corrected chi connectivity index (χ2v) is 6.99. The number of carboxylic acids is 1. The van der Waals surface area contributed by atoms with Gasteiger partial charge in [-0.05, 0) is 19.1 Å². The standard InChI is InChI=1S/C10H13NO4S2/c1-7-5-8(10(12)13)6-9(11-7)16-3-4-17(2,14)15/h5-6H,3-4H2,1-2H3,(H,12,13). The highest BCUT2D eigenvalue weighted by atomic mass is 32.2. The minimum absolute atomic E-state index is 0.0513. The normalized spacial score (nSPS) is 11.4. The summed E-state index contributed by atoms with van der Waals surface area (Å²) in [6.45, 7) is 1.70. The lowest BCUT2D eigenvalue weighted by Gasteiger charge is -2.03. The first-order valence-corrected chi connectivity index (χ1v) is 7.85. The van der Waals surface area contributed by atoms with Crippen LogP contribution in [0.25, 0.3) is 0 Å². The van der Waals surface area contributed by atoms with Crippen LogP contribution in [0.3, 0.4) is 0 Å². The third-order valence-corrected chi connectivity index (χ3v) is 4.00. The summed E-state index contributed by atoms with van der Waals surface area (Å²) >= 11 is 1.24. The van der Waals surface area contributed by atoms with Crippen molar-refractivity contribution in [3.63, 3.8) is 0 Å². The smallest absolute Gasteiger partial charge is 0.335 e. The molecule has 0 aliphatic rings. The van der Waals surface area contributed by atoms with Gasteiger partial charge in [-0.2, -0.15) is 0 Å². The van der Waals surface area contributed by atoms with Crippen LogP contribution in [0.2, 0.25) is 0 Å². The average molecular weight is 275 g/mol. The SMILES string of the molecule is Cc1cc(C(=O)O)cc(SCCS(C)(=O)=O)n1. The van der Waals surface area contributed by atoms with Gasteiger partial charge in [-0.1, -0.05) is 0 Å². The number of sulfone groups is 1. The van der Waals surface area contributed by atoms with Crippen LogP contribution in [0.1, 0.15) is 16.1 Å². The third kappa shape index (κ3) is 5.18. The Balaban J connectivity index is 2.75. The monoisotopic (exact) mass is 275 g/mol. The van der Waals surface area contributed by atoms with Gasteiger partial charge >= 0.3 is 5.97 Å². The van der Waals surface area contributed by atoms with Gasteiger partial charge in [0.15, 0.2) is 0 Å². The molecule has 1 N–H and O–H groups in total. The first kappa shape index (κ1) is 14.0. The second kappa shape index (κ2) is 5.50. The molecule has 0 aliphatic heterocycles. The Morgan fingerprint density at radius 3 is 2.65 bits per heavy atom. The van der Waals surface area contributed by atoms with Crippen LogP contribution < -0.4 is 0 Å². The molecule has 0 unspecified atom stereocenters. The summed E-state index contributed by atoms with van der Waals surface area (Å²) < 4.78 is 21.9. The summed E-state index contributed by atoms with van der Waals surface area (Å²) in [6, 6.07) is 2.92. The van der Waals surface area contributed by atoms with Crippen molar-refractivity contribution in [2.45, 2.75) is 11.9 Å². The summed E-state index contributed by atoms with van der Waals surface area (Å²) in [5.74, 6) is -0.593. The number of carboxylic acid groups (broad SMARTS) is 1. The Morgan fingerprint density at radius 2 is 2.12 bits per heavy atom. The van der Waals surface area contributed by atoms with Crippen molar-refractivity contribution in [2.24, 2.45) is 0 Å². The van der Waals surface area contributed by atoms with E-state index in [0.29, 0.717) is 16.5 Å². The van der Waals surface area contributed by atoms with E-state index in [1.54, 1.807) is 6.92 Å². The molecule has 1 aromatic heterocycles. The van der Waals surface area contributed by atoms with Gasteiger partial charge in [0.2, 0.25) is 0 Å². The summed E-state index contributed by atoms with van der Waals surface area (Å²) in [7, 11) is -3.00. The zero-order valence-corrected chi connectivity index (χ0v) is 11.1. The Labute approximate surface area is 104 Å². The zero-order chi connectivity index (χ0) is 13.1. The van der Waals surface area contributed by atoms with E-state index in [1.807, 2.05) is 0 Å². The van der Waals surface area contributed by atoms with Gasteiger partial charge in [0.1, 0.15) is 9.84 Å². The third-order valence-electron chi connectivity index (χ3n) is 1.88. The molecule has 0 atom stereocenters. The van der Waals surface area contributed by atoms with Crippen LogP contribution >= 0.6 is 11.8 Å². The lowest BCUT2D eigenvalue weighted by Crippen LogP contribution is -2.05. The highest BCUT2D eigenvalue weighted by molar-refractivity contribution is 8.00. The molecule has 0 radical (unpaired) electrons. The predicted octanol–water partition coefficient (Wildman–Crippen LogP) is 1.22. The molecule has 0 saturated heterocycles. The molecular formula is C10H13NO4S2. The summed E-state index contributed by atoms with van der Waals surface area (Å²) in [5, 5.41) is 9.39. The van der Waals surface area contributed by atoms with Gasteiger partial charge in [-0.25, -0.2) is 18.2 Å². The number of aromatic carboxylic acids is 1. The van der Waals surface area contributed by atoms with Crippen molar-refractivity contribution >= 4 is 27.6 Å². The van der Waals surface area contributed by atoms with Crippen LogP contribution in [-0.2, 0) is 9.84 Å². The maximum absolute atomic E-state index is 10.9. The van der Waals surface area contributed by atoms with Crippen molar-refractivity contribution in [3.05, 3.63) is 23.4 Å². The zero-order valence-electron chi connectivity index (χ0n) is 9.50. The Morgan fingerprint density at radius 1 is 1.47 bits per heavy atom. The average Bonchev–Trinajstić information content (AvgIpc) is 2.14. The summed E-state index contributed by atoms with van der Waals surface area (Å²) in [5.41, 5.74) is 0.770. The molecule has 1 aromatic rings. The molecule has 1 heterocycles. The lowest BCUT2D eigenvalue weighted by atomic mass is 10.2. The molecule has 0 saturated carbocycles.